The molecule has 0 rings (SSSR count). The molecule has 0 spiro atoms. The summed E-state index contributed by atoms with van der Waals surface area (Å²) in [5.74, 6) is 0. The molecule has 0 amide bonds. The Kier molecular flexibility index (Phi) is 6.57. The molecule has 1 radical (unpaired) electrons. The predicted molar refractivity (Wildman–Crippen MR) is 49.9 cm³/mol. The predicted octanol–water partition coefficient (Wildman–Crippen LogP) is 1.39. The number of hydrogen-bond acceptors (Lipinski definition) is 1. The molecule has 0 aliphatic heterocycles. The van der Waals surface area contributed by atoms with Gasteiger partial charge in [0.1, 0.15) is 0 Å². The second kappa shape index (κ2) is 6.62. The van der Waals surface area contributed by atoms with Crippen molar-refractivity contribution in [2.45, 2.75) is 46.2 Å². The van der Waals surface area contributed by atoms with Crippen LogP contribution in [-0.4, -0.2) is 25.2 Å². The summed E-state index contributed by atoms with van der Waals surface area (Å²) in [7, 11) is 0. The van der Waals surface area contributed by atoms with E-state index in [0.29, 0.717) is 12.1 Å². The van der Waals surface area contributed by atoms with E-state index in [0.717, 1.165) is 19.5 Å². The highest BCUT2D eigenvalue weighted by atomic mass is 14.9. The zero-order chi connectivity index (χ0) is 8.69. The third kappa shape index (κ3) is 9.92. The van der Waals surface area contributed by atoms with E-state index in [9.17, 15) is 0 Å². The third-order valence-electron chi connectivity index (χ3n) is 1.38. The second-order valence-corrected chi connectivity index (χ2v) is 3.46. The number of rotatable bonds is 6. The lowest BCUT2D eigenvalue weighted by atomic mass is 10.3. The van der Waals surface area contributed by atoms with Gasteiger partial charge in [-0.25, -0.2) is 5.32 Å². The topological polar surface area (TPSA) is 26.1 Å². The molecule has 0 aromatic heterocycles. The Labute approximate surface area is 70.8 Å². The van der Waals surface area contributed by atoms with Crippen molar-refractivity contribution in [1.82, 2.24) is 10.6 Å². The molecule has 0 aliphatic rings. The molecule has 0 saturated heterocycles. The van der Waals surface area contributed by atoms with Crippen molar-refractivity contribution in [3.63, 3.8) is 0 Å². The molecule has 0 aliphatic carbocycles. The quantitative estimate of drug-likeness (QED) is 0.579. The fourth-order valence-corrected chi connectivity index (χ4v) is 0.819. The zero-order valence-corrected chi connectivity index (χ0v) is 8.22. The van der Waals surface area contributed by atoms with Gasteiger partial charge in [0, 0.05) is 18.6 Å². The van der Waals surface area contributed by atoms with Crippen LogP contribution >= 0.6 is 0 Å². The minimum absolute atomic E-state index is 0.494. The summed E-state index contributed by atoms with van der Waals surface area (Å²) < 4.78 is 0. The maximum atomic E-state index is 4.38. The standard InChI is InChI=1S/C9H21N2/c1-8(2)10-6-5-7-11-9(3)4/h8-10H,5-7H2,1-4H3. The maximum absolute atomic E-state index is 4.38. The van der Waals surface area contributed by atoms with Crippen LogP contribution in [0.25, 0.3) is 0 Å². The SMILES string of the molecule is CC(C)[N]CCCNC(C)C. The first-order chi connectivity index (χ1) is 5.13. The van der Waals surface area contributed by atoms with E-state index in [1.807, 2.05) is 0 Å². The summed E-state index contributed by atoms with van der Waals surface area (Å²) in [6, 6.07) is 1.10. The van der Waals surface area contributed by atoms with E-state index in [-0.39, 0.29) is 0 Å². The van der Waals surface area contributed by atoms with Crippen LogP contribution in [0.4, 0.5) is 0 Å². The smallest absolute Gasteiger partial charge is 0.0189 e. The summed E-state index contributed by atoms with van der Waals surface area (Å²) in [6.07, 6.45) is 1.16. The number of nitrogens with one attached hydrogen (secondary N) is 1. The van der Waals surface area contributed by atoms with Crippen molar-refractivity contribution >= 4 is 0 Å². The van der Waals surface area contributed by atoms with Gasteiger partial charge < -0.3 is 5.32 Å². The molecule has 0 atom stereocenters. The lowest BCUT2D eigenvalue weighted by molar-refractivity contribution is 0.516. The Morgan fingerprint density at radius 2 is 1.82 bits per heavy atom. The highest BCUT2D eigenvalue weighted by Gasteiger charge is 1.94. The van der Waals surface area contributed by atoms with E-state index in [2.05, 4.69) is 38.3 Å². The summed E-state index contributed by atoms with van der Waals surface area (Å²) in [5.41, 5.74) is 0. The van der Waals surface area contributed by atoms with Gasteiger partial charge in [0.05, 0.1) is 0 Å². The van der Waals surface area contributed by atoms with Gasteiger partial charge in [-0.2, -0.15) is 0 Å². The largest absolute Gasteiger partial charge is 0.314 e. The van der Waals surface area contributed by atoms with Gasteiger partial charge in [0.25, 0.3) is 0 Å². The Morgan fingerprint density at radius 3 is 2.27 bits per heavy atom. The van der Waals surface area contributed by atoms with E-state index < -0.39 is 0 Å². The molecule has 2 nitrogen and oxygen atoms in total. The fraction of sp³-hybridized carbons (Fsp3) is 1.00. The molecule has 0 saturated carbocycles. The van der Waals surface area contributed by atoms with Crippen molar-refractivity contribution in [1.29, 1.82) is 0 Å². The highest BCUT2D eigenvalue weighted by Crippen LogP contribution is 1.83. The molecule has 0 unspecified atom stereocenters. The van der Waals surface area contributed by atoms with E-state index in [1.165, 1.54) is 0 Å². The second-order valence-electron chi connectivity index (χ2n) is 3.46. The Balaban J connectivity index is 2.91. The Bertz CT molecular complexity index is 69.6. The fourth-order valence-electron chi connectivity index (χ4n) is 0.819. The van der Waals surface area contributed by atoms with E-state index >= 15 is 0 Å². The van der Waals surface area contributed by atoms with Gasteiger partial charge in [0.2, 0.25) is 0 Å². The molecular formula is C9H21N2. The summed E-state index contributed by atoms with van der Waals surface area (Å²) >= 11 is 0. The minimum Gasteiger partial charge on any atom is -0.314 e. The van der Waals surface area contributed by atoms with E-state index in [1.54, 1.807) is 0 Å². The van der Waals surface area contributed by atoms with Gasteiger partial charge >= 0.3 is 0 Å². The number of nitrogens with zero attached hydrogens (tertiary/aromatic N) is 1. The molecule has 0 fully saturated rings. The van der Waals surface area contributed by atoms with Crippen LogP contribution in [0.3, 0.4) is 0 Å². The lowest BCUT2D eigenvalue weighted by Gasteiger charge is -2.08. The van der Waals surface area contributed by atoms with E-state index in [4.69, 9.17) is 0 Å². The first-order valence-corrected chi connectivity index (χ1v) is 4.53. The van der Waals surface area contributed by atoms with Gasteiger partial charge in [-0.05, 0) is 26.8 Å². The molecule has 2 heteroatoms. The molecule has 67 valence electrons. The Morgan fingerprint density at radius 1 is 1.18 bits per heavy atom. The summed E-state index contributed by atoms with van der Waals surface area (Å²) in [5, 5.41) is 7.74. The van der Waals surface area contributed by atoms with Gasteiger partial charge in [-0.3, -0.25) is 0 Å². The molecule has 0 aromatic carbocycles. The molecule has 1 N–H and O–H groups in total. The van der Waals surface area contributed by atoms with Crippen LogP contribution in [-0.2, 0) is 0 Å². The van der Waals surface area contributed by atoms with Crippen LogP contribution < -0.4 is 10.6 Å². The van der Waals surface area contributed by atoms with Gasteiger partial charge in [-0.15, -0.1) is 0 Å². The number of hydrogen-bond donors (Lipinski definition) is 1. The third-order valence-corrected chi connectivity index (χ3v) is 1.38. The van der Waals surface area contributed by atoms with Crippen molar-refractivity contribution in [2.24, 2.45) is 0 Å². The Hall–Kier alpha value is -0.0800. The van der Waals surface area contributed by atoms with Crippen LogP contribution in [0, 0.1) is 0 Å². The monoisotopic (exact) mass is 157 g/mol. The first-order valence-electron chi connectivity index (χ1n) is 4.53. The molecule has 0 heterocycles. The average Bonchev–Trinajstić information content (AvgIpc) is 1.85. The maximum Gasteiger partial charge on any atom is 0.0189 e. The van der Waals surface area contributed by atoms with Crippen molar-refractivity contribution in [3.05, 3.63) is 0 Å². The van der Waals surface area contributed by atoms with Crippen LogP contribution in [0.5, 0.6) is 0 Å². The normalized spacial score (nSPS) is 11.5. The van der Waals surface area contributed by atoms with Crippen molar-refractivity contribution in [2.75, 3.05) is 13.1 Å². The van der Waals surface area contributed by atoms with Crippen molar-refractivity contribution < 1.29 is 0 Å². The van der Waals surface area contributed by atoms with Crippen LogP contribution in [0.1, 0.15) is 34.1 Å². The van der Waals surface area contributed by atoms with Gasteiger partial charge in [-0.1, -0.05) is 13.8 Å². The lowest BCUT2D eigenvalue weighted by Crippen LogP contribution is -2.26. The summed E-state index contributed by atoms with van der Waals surface area (Å²) in [6.45, 7) is 10.7. The molecule has 11 heavy (non-hydrogen) atoms. The minimum atomic E-state index is 0.494. The van der Waals surface area contributed by atoms with Gasteiger partial charge in [0.15, 0.2) is 0 Å². The zero-order valence-electron chi connectivity index (χ0n) is 8.22. The van der Waals surface area contributed by atoms with Crippen LogP contribution in [0.15, 0.2) is 0 Å². The van der Waals surface area contributed by atoms with Crippen molar-refractivity contribution in [3.8, 4) is 0 Å². The molecule has 0 aromatic rings. The molecule has 0 bridgehead atoms. The summed E-state index contributed by atoms with van der Waals surface area (Å²) in [4.78, 5) is 0. The highest BCUT2D eigenvalue weighted by molar-refractivity contribution is 4.56. The average molecular weight is 157 g/mol. The molecular weight excluding hydrogens is 136 g/mol. The van der Waals surface area contributed by atoms with Crippen LogP contribution in [0.2, 0.25) is 0 Å². The first kappa shape index (κ1) is 10.9.